The molecule has 2 aromatic carbocycles. The largest absolute Gasteiger partial charge is 0.492 e. The third kappa shape index (κ3) is 7.20. The van der Waals surface area contributed by atoms with Crippen LogP contribution in [0.5, 0.6) is 5.75 Å². The van der Waals surface area contributed by atoms with E-state index in [4.69, 9.17) is 14.2 Å². The summed E-state index contributed by atoms with van der Waals surface area (Å²) in [5.74, 6) is -0.487. The standard InChI is InChI=1S/C28H33NO6/c1-4-33-26(28(32)34-5-2)17-21-11-13-24(14-12-21)35-16-15-29-20(3)23(19-27(30)31)18-25(29)22-9-7-6-8-10-22/h6-14,18,26H,4-5,15-17,19H2,1-3H3,(H,30,31). The average Bonchev–Trinajstić information content (AvgIpc) is 3.15. The SMILES string of the molecule is CCOC(=O)C(Cc1ccc(OCCn2c(-c3ccccc3)cc(CC(=O)O)c2C)cc1)OCC. The summed E-state index contributed by atoms with van der Waals surface area (Å²) in [6.07, 6.45) is -0.211. The van der Waals surface area contributed by atoms with Crippen molar-refractivity contribution in [2.75, 3.05) is 19.8 Å². The molecule has 3 rings (SSSR count). The lowest BCUT2D eigenvalue weighted by Gasteiger charge is -2.16. The second-order valence-electron chi connectivity index (χ2n) is 8.12. The van der Waals surface area contributed by atoms with Crippen molar-refractivity contribution in [3.8, 4) is 17.0 Å². The predicted molar refractivity (Wildman–Crippen MR) is 134 cm³/mol. The molecule has 1 atom stereocenters. The zero-order valence-electron chi connectivity index (χ0n) is 20.5. The zero-order valence-corrected chi connectivity index (χ0v) is 20.5. The smallest absolute Gasteiger partial charge is 0.335 e. The number of carbonyl (C=O) groups is 2. The third-order valence-corrected chi connectivity index (χ3v) is 5.73. The van der Waals surface area contributed by atoms with Crippen LogP contribution < -0.4 is 4.74 Å². The summed E-state index contributed by atoms with van der Waals surface area (Å²) in [7, 11) is 0. The van der Waals surface area contributed by atoms with E-state index >= 15 is 0 Å². The van der Waals surface area contributed by atoms with Crippen LogP contribution in [-0.2, 0) is 38.4 Å². The molecule has 7 heteroatoms. The molecule has 0 amide bonds. The van der Waals surface area contributed by atoms with Gasteiger partial charge in [-0.15, -0.1) is 0 Å². The van der Waals surface area contributed by atoms with Gasteiger partial charge in [0.25, 0.3) is 0 Å². The van der Waals surface area contributed by atoms with Crippen molar-refractivity contribution in [1.82, 2.24) is 4.57 Å². The molecule has 7 nitrogen and oxygen atoms in total. The summed E-state index contributed by atoms with van der Waals surface area (Å²) in [4.78, 5) is 23.4. The number of benzene rings is 2. The number of carbonyl (C=O) groups excluding carboxylic acids is 1. The normalized spacial score (nSPS) is 11.7. The van der Waals surface area contributed by atoms with E-state index in [-0.39, 0.29) is 12.4 Å². The van der Waals surface area contributed by atoms with E-state index in [0.717, 1.165) is 33.8 Å². The summed E-state index contributed by atoms with van der Waals surface area (Å²) < 4.78 is 18.7. The summed E-state index contributed by atoms with van der Waals surface area (Å²) in [6.45, 7) is 7.32. The molecule has 0 aliphatic rings. The number of hydrogen-bond donors (Lipinski definition) is 1. The second-order valence-corrected chi connectivity index (χ2v) is 8.12. The number of nitrogens with zero attached hydrogens (tertiary/aromatic N) is 1. The van der Waals surface area contributed by atoms with E-state index in [9.17, 15) is 14.7 Å². The first kappa shape index (κ1) is 26.0. The van der Waals surface area contributed by atoms with Gasteiger partial charge in [0.2, 0.25) is 0 Å². The van der Waals surface area contributed by atoms with Gasteiger partial charge in [-0.3, -0.25) is 4.79 Å². The van der Waals surface area contributed by atoms with Gasteiger partial charge >= 0.3 is 11.9 Å². The predicted octanol–water partition coefficient (Wildman–Crippen LogP) is 4.68. The van der Waals surface area contributed by atoms with Gasteiger partial charge in [0.15, 0.2) is 6.10 Å². The van der Waals surface area contributed by atoms with E-state index < -0.39 is 12.1 Å². The number of aliphatic carboxylic acids is 1. The molecular weight excluding hydrogens is 446 g/mol. The minimum atomic E-state index is -0.851. The van der Waals surface area contributed by atoms with Gasteiger partial charge in [0.1, 0.15) is 12.4 Å². The summed E-state index contributed by atoms with van der Waals surface area (Å²) in [5.41, 5.74) is 4.67. The summed E-state index contributed by atoms with van der Waals surface area (Å²) in [6, 6.07) is 19.5. The molecule has 1 unspecified atom stereocenters. The first-order valence-electron chi connectivity index (χ1n) is 11.9. The van der Waals surface area contributed by atoms with E-state index in [1.54, 1.807) is 6.92 Å². The van der Waals surface area contributed by atoms with Crippen LogP contribution in [0, 0.1) is 6.92 Å². The van der Waals surface area contributed by atoms with Crippen LogP contribution in [0.4, 0.5) is 0 Å². The van der Waals surface area contributed by atoms with Crippen molar-refractivity contribution in [2.24, 2.45) is 0 Å². The lowest BCUT2D eigenvalue weighted by atomic mass is 10.1. The van der Waals surface area contributed by atoms with Crippen LogP contribution in [0.25, 0.3) is 11.3 Å². The van der Waals surface area contributed by atoms with Crippen LogP contribution in [0.2, 0.25) is 0 Å². The Balaban J connectivity index is 1.66. The Morgan fingerprint density at radius 1 is 1.00 bits per heavy atom. The zero-order chi connectivity index (χ0) is 25.2. The van der Waals surface area contributed by atoms with E-state index in [0.29, 0.717) is 32.8 Å². The molecule has 1 N–H and O–H groups in total. The van der Waals surface area contributed by atoms with Crippen molar-refractivity contribution < 1.29 is 28.9 Å². The lowest BCUT2D eigenvalue weighted by molar-refractivity contribution is -0.156. The van der Waals surface area contributed by atoms with Crippen molar-refractivity contribution in [2.45, 2.75) is 46.3 Å². The topological polar surface area (TPSA) is 87.0 Å². The molecule has 0 spiro atoms. The highest BCUT2D eigenvalue weighted by molar-refractivity contribution is 5.75. The van der Waals surface area contributed by atoms with Crippen molar-refractivity contribution in [1.29, 1.82) is 0 Å². The van der Waals surface area contributed by atoms with Gasteiger partial charge in [-0.05, 0) is 55.7 Å². The van der Waals surface area contributed by atoms with Crippen LogP contribution in [0.15, 0.2) is 60.7 Å². The molecule has 0 bridgehead atoms. The molecule has 186 valence electrons. The van der Waals surface area contributed by atoms with Gasteiger partial charge in [-0.2, -0.15) is 0 Å². The fourth-order valence-electron chi connectivity index (χ4n) is 4.02. The molecule has 0 aliphatic carbocycles. The molecule has 0 aliphatic heterocycles. The van der Waals surface area contributed by atoms with E-state index in [2.05, 4.69) is 4.57 Å². The minimum absolute atomic E-state index is 0.0183. The molecule has 0 saturated carbocycles. The van der Waals surface area contributed by atoms with Crippen LogP contribution in [-0.4, -0.2) is 47.5 Å². The van der Waals surface area contributed by atoms with Crippen molar-refractivity contribution >= 4 is 11.9 Å². The molecule has 0 saturated heterocycles. The summed E-state index contributed by atoms with van der Waals surface area (Å²) >= 11 is 0. The molecule has 0 radical (unpaired) electrons. The molecule has 35 heavy (non-hydrogen) atoms. The van der Waals surface area contributed by atoms with Crippen molar-refractivity contribution in [3.05, 3.63) is 77.5 Å². The number of ether oxygens (including phenoxy) is 3. The Bertz CT molecular complexity index is 1100. The van der Waals surface area contributed by atoms with Crippen molar-refractivity contribution in [3.63, 3.8) is 0 Å². The maximum absolute atomic E-state index is 12.1. The van der Waals surface area contributed by atoms with Gasteiger partial charge in [0.05, 0.1) is 19.6 Å². The number of carboxylic acids is 1. The van der Waals surface area contributed by atoms with Crippen LogP contribution >= 0.6 is 0 Å². The number of rotatable bonds is 13. The van der Waals surface area contributed by atoms with E-state index in [1.165, 1.54) is 0 Å². The van der Waals surface area contributed by atoms with Gasteiger partial charge in [-0.25, -0.2) is 4.79 Å². The lowest BCUT2D eigenvalue weighted by Crippen LogP contribution is -2.28. The van der Waals surface area contributed by atoms with Crippen LogP contribution in [0.1, 0.15) is 30.7 Å². The fourth-order valence-corrected chi connectivity index (χ4v) is 4.02. The Kier molecular flexibility index (Phi) is 9.49. The molecular formula is C28H33NO6. The Morgan fingerprint density at radius 2 is 1.71 bits per heavy atom. The first-order chi connectivity index (χ1) is 16.9. The van der Waals surface area contributed by atoms with Gasteiger partial charge in [0, 0.05) is 24.4 Å². The third-order valence-electron chi connectivity index (χ3n) is 5.73. The molecule has 3 aromatic rings. The number of hydrogen-bond acceptors (Lipinski definition) is 5. The fraction of sp³-hybridized carbons (Fsp3) is 0.357. The first-order valence-corrected chi connectivity index (χ1v) is 11.9. The summed E-state index contributed by atoms with van der Waals surface area (Å²) in [5, 5.41) is 9.28. The Hall–Kier alpha value is -3.58. The maximum Gasteiger partial charge on any atom is 0.335 e. The number of aromatic nitrogens is 1. The molecule has 1 aromatic heterocycles. The monoisotopic (exact) mass is 479 g/mol. The van der Waals surface area contributed by atoms with E-state index in [1.807, 2.05) is 74.5 Å². The van der Waals surface area contributed by atoms with Gasteiger partial charge in [-0.1, -0.05) is 42.5 Å². The minimum Gasteiger partial charge on any atom is -0.492 e. The number of esters is 1. The maximum atomic E-state index is 12.1. The second kappa shape index (κ2) is 12.8. The Morgan fingerprint density at radius 3 is 2.34 bits per heavy atom. The highest BCUT2D eigenvalue weighted by Crippen LogP contribution is 2.26. The quantitative estimate of drug-likeness (QED) is 0.358. The average molecular weight is 480 g/mol. The molecule has 0 fully saturated rings. The number of carboxylic acid groups (broad SMARTS) is 1. The highest BCUT2D eigenvalue weighted by atomic mass is 16.6. The van der Waals surface area contributed by atoms with Crippen LogP contribution in [0.3, 0.4) is 0 Å². The molecule has 1 heterocycles. The van der Waals surface area contributed by atoms with Gasteiger partial charge < -0.3 is 23.9 Å². The highest BCUT2D eigenvalue weighted by Gasteiger charge is 2.20. The Labute approximate surface area is 206 Å².